The second kappa shape index (κ2) is 31.3. The molecular weight excluding hydrogens is 565 g/mol. The largest absolute Gasteiger partial charge is 1.00 e. The Hall–Kier alpha value is -1.59. The predicted octanol–water partition coefficient (Wildman–Crippen LogP) is -3.35. The minimum atomic E-state index is -5.31. The predicted molar refractivity (Wildman–Crippen MR) is 143 cm³/mol. The first kappa shape index (κ1) is 43.9. The molecule has 0 rings (SSSR count). The first-order valence-corrected chi connectivity index (χ1v) is 14.2. The zero-order chi connectivity index (χ0) is 29.0. The first-order valence-electron chi connectivity index (χ1n) is 12.7. The first-order chi connectivity index (χ1) is 18.8. The van der Waals surface area contributed by atoms with Gasteiger partial charge in [0.1, 0.15) is 6.61 Å². The molecule has 0 aromatic carbocycles. The van der Waals surface area contributed by atoms with Crippen LogP contribution in [0.1, 0.15) is 84.5 Å². The van der Waals surface area contributed by atoms with Crippen LogP contribution >= 0.6 is 7.82 Å². The summed E-state index contributed by atoms with van der Waals surface area (Å²) >= 11 is 0. The van der Waals surface area contributed by atoms with Gasteiger partial charge in [-0.15, -0.1) is 0 Å². The molecule has 0 aliphatic carbocycles. The van der Waals surface area contributed by atoms with Gasteiger partial charge in [0.25, 0.3) is 0 Å². The van der Waals surface area contributed by atoms with Crippen molar-refractivity contribution in [1.82, 2.24) is 0 Å². The smallest absolute Gasteiger partial charge is 0.790 e. The standard InChI is InChI=1S/C30H35O8P.2Na/c1-3-5-7-9-11-13-15-17-18-20-22-24-29(31)36-26-28(27-37-39(33,34)35)38-30(32)25-23-21-19-16-14-12-10-8-6-4-2;;/h28H,4,6,8,10,12,14,16,19,21,23,25-27H2,1-2H3,(H2,33,34,35);;/q;2*+1/p-2/t28-;;/m1../s1. The number of phosphoric ester groups is 1. The number of ether oxygens (including phenoxy) is 2. The molecule has 0 bridgehead atoms. The van der Waals surface area contributed by atoms with Crippen molar-refractivity contribution >= 4 is 19.8 Å². The van der Waals surface area contributed by atoms with Crippen LogP contribution in [0, 0.1) is 71.0 Å². The zero-order valence-electron chi connectivity index (χ0n) is 24.5. The summed E-state index contributed by atoms with van der Waals surface area (Å²) in [5, 5.41) is 0. The van der Waals surface area contributed by atoms with Gasteiger partial charge >= 0.3 is 71.1 Å². The number of hydrogen-bond acceptors (Lipinski definition) is 8. The third-order valence-electron chi connectivity index (χ3n) is 4.70. The van der Waals surface area contributed by atoms with Crippen molar-refractivity contribution in [3.05, 3.63) is 0 Å². The van der Waals surface area contributed by atoms with E-state index < -0.39 is 39.1 Å². The van der Waals surface area contributed by atoms with E-state index in [2.05, 4.69) is 82.5 Å². The van der Waals surface area contributed by atoms with E-state index in [4.69, 9.17) is 9.47 Å². The Morgan fingerprint density at radius 1 is 0.707 bits per heavy atom. The maximum absolute atomic E-state index is 12.1. The molecule has 0 fully saturated rings. The van der Waals surface area contributed by atoms with Crippen LogP contribution in [-0.2, 0) is 28.2 Å². The van der Waals surface area contributed by atoms with E-state index in [1.807, 2.05) is 0 Å². The Balaban J connectivity index is -0.00000722. The van der Waals surface area contributed by atoms with Gasteiger partial charge in [0.05, 0.1) is 14.4 Å². The van der Waals surface area contributed by atoms with Gasteiger partial charge in [-0.25, -0.2) is 4.79 Å². The van der Waals surface area contributed by atoms with Gasteiger partial charge in [0.2, 0.25) is 0 Å². The summed E-state index contributed by atoms with van der Waals surface area (Å²) in [5.41, 5.74) is 0. The molecule has 0 aliphatic heterocycles. The molecular formula is C30H33Na2O8P. The van der Waals surface area contributed by atoms with Crippen LogP contribution in [0.2, 0.25) is 0 Å². The molecule has 0 amide bonds. The Morgan fingerprint density at radius 2 is 1.17 bits per heavy atom. The average molecular weight is 599 g/mol. The fraction of sp³-hybridized carbons (Fsp3) is 0.533. The number of carbonyl (C=O) groups is 2. The van der Waals surface area contributed by atoms with E-state index in [0.717, 1.165) is 19.3 Å². The van der Waals surface area contributed by atoms with E-state index in [1.54, 1.807) is 6.92 Å². The Labute approximate surface area is 289 Å². The average Bonchev–Trinajstić information content (AvgIpc) is 2.89. The van der Waals surface area contributed by atoms with Gasteiger partial charge in [-0.1, -0.05) is 70.6 Å². The molecule has 1 atom stereocenters. The topological polar surface area (TPSA) is 125 Å². The van der Waals surface area contributed by atoms with Gasteiger partial charge in [-0.2, -0.15) is 0 Å². The summed E-state index contributed by atoms with van der Waals surface area (Å²) in [6.45, 7) is 2.51. The van der Waals surface area contributed by atoms with Crippen LogP contribution in [0.5, 0.6) is 0 Å². The van der Waals surface area contributed by atoms with Crippen LogP contribution in [0.25, 0.3) is 0 Å². The van der Waals surface area contributed by atoms with Crippen molar-refractivity contribution in [2.75, 3.05) is 13.2 Å². The number of carbonyl (C=O) groups excluding carboxylic acids is 2. The van der Waals surface area contributed by atoms with Gasteiger partial charge in [-0.05, 0) is 72.5 Å². The van der Waals surface area contributed by atoms with Crippen molar-refractivity contribution in [2.24, 2.45) is 0 Å². The molecule has 11 heteroatoms. The quantitative estimate of drug-likeness (QED) is 0.0425. The number of esters is 2. The summed E-state index contributed by atoms with van der Waals surface area (Å²) in [4.78, 5) is 45.5. The van der Waals surface area contributed by atoms with E-state index in [-0.39, 0.29) is 65.5 Å². The molecule has 0 aromatic rings. The van der Waals surface area contributed by atoms with E-state index in [0.29, 0.717) is 6.42 Å². The number of phosphoric acid groups is 1. The fourth-order valence-electron chi connectivity index (χ4n) is 2.89. The Bertz CT molecular complexity index is 1190. The Morgan fingerprint density at radius 3 is 1.66 bits per heavy atom. The molecule has 8 nitrogen and oxygen atoms in total. The van der Waals surface area contributed by atoms with Crippen molar-refractivity contribution < 1.29 is 97.1 Å². The van der Waals surface area contributed by atoms with Crippen molar-refractivity contribution in [3.8, 4) is 71.0 Å². The molecule has 41 heavy (non-hydrogen) atoms. The summed E-state index contributed by atoms with van der Waals surface area (Å²) in [6.07, 6.45) is 9.80. The van der Waals surface area contributed by atoms with Gasteiger partial charge < -0.3 is 28.3 Å². The molecule has 0 saturated carbocycles. The maximum Gasteiger partial charge on any atom is 1.00 e. The van der Waals surface area contributed by atoms with E-state index in [9.17, 15) is 23.9 Å². The molecule has 208 valence electrons. The Kier molecular flexibility index (Phi) is 33.5. The number of unbranched alkanes of at least 4 members (excludes halogenated alkanes) is 9. The van der Waals surface area contributed by atoms with Gasteiger partial charge in [-0.3, -0.25) is 4.79 Å². The van der Waals surface area contributed by atoms with Crippen molar-refractivity contribution in [2.45, 2.75) is 90.6 Å². The molecule has 0 spiro atoms. The number of hydrogen-bond donors (Lipinski definition) is 0. The molecule has 0 saturated heterocycles. The second-order valence-electron chi connectivity index (χ2n) is 8.01. The van der Waals surface area contributed by atoms with Gasteiger partial charge in [0, 0.05) is 12.3 Å². The maximum atomic E-state index is 12.1. The SMILES string of the molecule is CC#CC#CC#CC#CC#CC#CC(=O)OC[C@H](COP(=O)([O-])[O-])OC(=O)CCCCCCCCCCCC.[Na+].[Na+]. The molecule has 0 heterocycles. The van der Waals surface area contributed by atoms with Gasteiger partial charge in [0.15, 0.2) is 6.10 Å². The third-order valence-corrected chi connectivity index (χ3v) is 5.17. The summed E-state index contributed by atoms with van der Waals surface area (Å²) in [6, 6.07) is 0. The zero-order valence-corrected chi connectivity index (χ0v) is 29.4. The molecule has 0 aliphatic rings. The van der Waals surface area contributed by atoms with Crippen molar-refractivity contribution in [3.63, 3.8) is 0 Å². The minimum Gasteiger partial charge on any atom is -0.790 e. The molecule has 0 radical (unpaired) electrons. The monoisotopic (exact) mass is 598 g/mol. The van der Waals surface area contributed by atoms with Crippen LogP contribution in [0.3, 0.4) is 0 Å². The summed E-state index contributed by atoms with van der Waals surface area (Å²) in [5.74, 6) is 27.1. The van der Waals surface area contributed by atoms with Crippen molar-refractivity contribution in [1.29, 1.82) is 0 Å². The third kappa shape index (κ3) is 34.5. The van der Waals surface area contributed by atoms with Crippen LogP contribution in [0.15, 0.2) is 0 Å². The van der Waals surface area contributed by atoms with Crippen LogP contribution in [-0.4, -0.2) is 31.3 Å². The van der Waals surface area contributed by atoms with Crippen LogP contribution < -0.4 is 68.9 Å². The second-order valence-corrected chi connectivity index (χ2v) is 9.16. The normalized spacial score (nSPS) is 9.46. The van der Waals surface area contributed by atoms with E-state index in [1.165, 1.54) is 38.5 Å². The fourth-order valence-corrected chi connectivity index (χ4v) is 3.24. The summed E-state index contributed by atoms with van der Waals surface area (Å²) in [7, 11) is -5.31. The minimum absolute atomic E-state index is 0. The number of rotatable bonds is 17. The van der Waals surface area contributed by atoms with Crippen LogP contribution in [0.4, 0.5) is 0 Å². The molecule has 0 aromatic heterocycles. The van der Waals surface area contributed by atoms with E-state index >= 15 is 0 Å². The summed E-state index contributed by atoms with van der Waals surface area (Å²) < 4.78 is 24.9. The molecule has 0 unspecified atom stereocenters. The molecule has 0 N–H and O–H groups in total.